The Kier molecular flexibility index (Phi) is 5.76. The molecule has 0 bridgehead atoms. The zero-order valence-electron chi connectivity index (χ0n) is 18.3. The molecule has 2 aromatic carbocycles. The Morgan fingerprint density at radius 1 is 1.03 bits per heavy atom. The lowest BCUT2D eigenvalue weighted by atomic mass is 9.84. The van der Waals surface area contributed by atoms with Crippen molar-refractivity contribution in [3.05, 3.63) is 65.5 Å². The van der Waals surface area contributed by atoms with Crippen LogP contribution < -0.4 is 4.74 Å². The molecule has 0 aliphatic carbocycles. The van der Waals surface area contributed by atoms with E-state index >= 15 is 0 Å². The minimum atomic E-state index is -0.768. The fourth-order valence-corrected chi connectivity index (χ4v) is 4.28. The topological polar surface area (TPSA) is 58.5 Å². The number of ether oxygens (including phenoxy) is 1. The van der Waals surface area contributed by atoms with Crippen molar-refractivity contribution >= 4 is 11.0 Å². The Hall–Kier alpha value is -2.50. The van der Waals surface area contributed by atoms with Gasteiger partial charge in [0.15, 0.2) is 0 Å². The minimum absolute atomic E-state index is 0.0212. The smallest absolute Gasteiger partial charge is 0.124 e. The summed E-state index contributed by atoms with van der Waals surface area (Å²) < 4.78 is 5.64. The van der Waals surface area contributed by atoms with Crippen LogP contribution in [0.15, 0.2) is 48.7 Å². The summed E-state index contributed by atoms with van der Waals surface area (Å²) in [5.74, 6) is 0.702. The molecule has 0 saturated carbocycles. The lowest BCUT2D eigenvalue weighted by Crippen LogP contribution is -2.31. The number of nitrogens with zero attached hydrogens (tertiary/aromatic N) is 3. The fourth-order valence-electron chi connectivity index (χ4n) is 4.28. The second kappa shape index (κ2) is 8.32. The third-order valence-electron chi connectivity index (χ3n) is 6.02. The first-order valence-electron chi connectivity index (χ1n) is 10.7. The number of benzene rings is 2. The van der Waals surface area contributed by atoms with Gasteiger partial charge in [-0.15, -0.1) is 0 Å². The Labute approximate surface area is 178 Å². The summed E-state index contributed by atoms with van der Waals surface area (Å²) >= 11 is 0. The molecule has 158 valence electrons. The van der Waals surface area contributed by atoms with E-state index in [1.807, 2.05) is 36.5 Å². The zero-order valence-corrected chi connectivity index (χ0v) is 18.3. The highest BCUT2D eigenvalue weighted by Gasteiger charge is 2.34. The van der Waals surface area contributed by atoms with E-state index in [0.717, 1.165) is 48.2 Å². The summed E-state index contributed by atoms with van der Waals surface area (Å²) in [6, 6.07) is 13.7. The van der Waals surface area contributed by atoms with Gasteiger partial charge in [0.1, 0.15) is 11.9 Å². The maximum absolute atomic E-state index is 11.7. The maximum Gasteiger partial charge on any atom is 0.124 e. The molecule has 5 heteroatoms. The molecule has 0 amide bonds. The average Bonchev–Trinajstić information content (AvgIpc) is 3.27. The molecular weight excluding hydrogens is 374 g/mol. The van der Waals surface area contributed by atoms with Gasteiger partial charge >= 0.3 is 0 Å². The largest absolute Gasteiger partial charge is 0.496 e. The van der Waals surface area contributed by atoms with E-state index in [0.29, 0.717) is 5.75 Å². The monoisotopic (exact) mass is 405 g/mol. The Morgan fingerprint density at radius 2 is 1.73 bits per heavy atom. The van der Waals surface area contributed by atoms with Gasteiger partial charge in [-0.2, -0.15) is 0 Å². The number of aromatic nitrogens is 2. The van der Waals surface area contributed by atoms with Crippen LogP contribution in [0.5, 0.6) is 5.75 Å². The van der Waals surface area contributed by atoms with E-state index in [-0.39, 0.29) is 11.5 Å². The van der Waals surface area contributed by atoms with Gasteiger partial charge in [0.2, 0.25) is 0 Å². The average molecular weight is 406 g/mol. The summed E-state index contributed by atoms with van der Waals surface area (Å²) in [5, 5.41) is 11.7. The van der Waals surface area contributed by atoms with Crippen LogP contribution in [0.25, 0.3) is 11.0 Å². The number of para-hydroxylation sites is 2. The second-order valence-electron chi connectivity index (χ2n) is 9.12. The molecule has 0 spiro atoms. The molecule has 1 aliphatic rings. The highest BCUT2D eigenvalue weighted by Crippen LogP contribution is 2.40. The molecule has 0 radical (unpaired) electrons. The summed E-state index contributed by atoms with van der Waals surface area (Å²) in [5.41, 5.74) is 4.46. The third-order valence-corrected chi connectivity index (χ3v) is 6.02. The Morgan fingerprint density at radius 3 is 2.40 bits per heavy atom. The van der Waals surface area contributed by atoms with Crippen LogP contribution in [-0.2, 0) is 5.41 Å². The molecule has 1 fully saturated rings. The number of fused-ring (bicyclic) bond motifs is 1. The Balaban J connectivity index is 1.81. The second-order valence-corrected chi connectivity index (χ2v) is 9.12. The van der Waals surface area contributed by atoms with E-state index in [9.17, 15) is 5.11 Å². The van der Waals surface area contributed by atoms with Crippen molar-refractivity contribution in [2.24, 2.45) is 0 Å². The first-order chi connectivity index (χ1) is 14.4. The lowest BCUT2D eigenvalue weighted by Gasteiger charge is -2.32. The van der Waals surface area contributed by atoms with Crippen molar-refractivity contribution in [2.75, 3.05) is 20.2 Å². The van der Waals surface area contributed by atoms with Crippen LogP contribution in [-0.4, -0.2) is 40.2 Å². The summed E-state index contributed by atoms with van der Waals surface area (Å²) in [6.45, 7) is 8.42. The van der Waals surface area contributed by atoms with Crippen LogP contribution >= 0.6 is 0 Å². The van der Waals surface area contributed by atoms with Gasteiger partial charge in [-0.1, -0.05) is 39.0 Å². The zero-order chi connectivity index (χ0) is 21.3. The van der Waals surface area contributed by atoms with Crippen molar-refractivity contribution in [2.45, 2.75) is 51.2 Å². The standard InChI is InChI=1S/C25H31N3O2/c1-25(2,3)17-11-12-22(30-4)18(15-17)24(29)23(28-13-7-8-14-28)21-16-26-19-9-5-6-10-20(19)27-21/h5-6,9-12,15-16,23-24,29H,7-8,13-14H2,1-4H3. The van der Waals surface area contributed by atoms with Crippen molar-refractivity contribution in [1.82, 2.24) is 14.9 Å². The van der Waals surface area contributed by atoms with Crippen LogP contribution in [0.4, 0.5) is 0 Å². The highest BCUT2D eigenvalue weighted by atomic mass is 16.5. The molecule has 30 heavy (non-hydrogen) atoms. The molecule has 3 aromatic rings. The molecule has 1 aromatic heterocycles. The van der Waals surface area contributed by atoms with Crippen molar-refractivity contribution in [1.29, 1.82) is 0 Å². The van der Waals surface area contributed by atoms with Gasteiger partial charge in [0.25, 0.3) is 0 Å². The Bertz CT molecular complexity index is 1020. The summed E-state index contributed by atoms with van der Waals surface area (Å²) in [4.78, 5) is 11.8. The molecule has 1 saturated heterocycles. The number of hydrogen-bond acceptors (Lipinski definition) is 5. The van der Waals surface area contributed by atoms with Gasteiger partial charge in [0, 0.05) is 5.56 Å². The summed E-state index contributed by atoms with van der Waals surface area (Å²) in [6.07, 6.45) is 3.30. The predicted octanol–water partition coefficient (Wildman–Crippen LogP) is 4.81. The van der Waals surface area contributed by atoms with Gasteiger partial charge < -0.3 is 9.84 Å². The predicted molar refractivity (Wildman–Crippen MR) is 120 cm³/mol. The van der Waals surface area contributed by atoms with Gasteiger partial charge in [-0.25, -0.2) is 4.98 Å². The minimum Gasteiger partial charge on any atom is -0.496 e. The van der Waals surface area contributed by atoms with Crippen molar-refractivity contribution in [3.8, 4) is 5.75 Å². The third kappa shape index (κ3) is 4.05. The number of aliphatic hydroxyl groups excluding tert-OH is 1. The molecule has 1 N–H and O–H groups in total. The highest BCUT2D eigenvalue weighted by molar-refractivity contribution is 5.73. The SMILES string of the molecule is COc1ccc(C(C)(C)C)cc1C(O)C(c1cnc2ccccc2n1)N1CCCC1. The van der Waals surface area contributed by atoms with E-state index < -0.39 is 6.10 Å². The fraction of sp³-hybridized carbons (Fsp3) is 0.440. The molecule has 2 atom stereocenters. The number of aliphatic hydroxyl groups is 1. The van der Waals surface area contributed by atoms with Gasteiger partial charge in [-0.3, -0.25) is 9.88 Å². The number of rotatable bonds is 5. The normalized spacial score (nSPS) is 17.2. The van der Waals surface area contributed by atoms with Crippen LogP contribution in [0.2, 0.25) is 0 Å². The van der Waals surface area contributed by atoms with E-state index in [4.69, 9.17) is 9.72 Å². The number of methoxy groups -OCH3 is 1. The van der Waals surface area contributed by atoms with Crippen LogP contribution in [0.1, 0.15) is 62.6 Å². The number of likely N-dealkylation sites (tertiary alicyclic amines) is 1. The van der Waals surface area contributed by atoms with E-state index in [1.165, 1.54) is 5.56 Å². The molecule has 1 aliphatic heterocycles. The van der Waals surface area contributed by atoms with E-state index in [2.05, 4.69) is 42.8 Å². The molecular formula is C25H31N3O2. The summed E-state index contributed by atoms with van der Waals surface area (Å²) in [7, 11) is 1.66. The van der Waals surface area contributed by atoms with Crippen LogP contribution in [0.3, 0.4) is 0 Å². The molecule has 4 rings (SSSR count). The van der Waals surface area contributed by atoms with Crippen molar-refractivity contribution < 1.29 is 9.84 Å². The number of hydrogen-bond donors (Lipinski definition) is 1. The van der Waals surface area contributed by atoms with Gasteiger partial charge in [0.05, 0.1) is 36.1 Å². The molecule has 5 nitrogen and oxygen atoms in total. The van der Waals surface area contributed by atoms with E-state index in [1.54, 1.807) is 7.11 Å². The molecule has 2 heterocycles. The molecule has 2 unspecified atom stereocenters. The lowest BCUT2D eigenvalue weighted by molar-refractivity contribution is 0.0565. The maximum atomic E-state index is 11.7. The first-order valence-corrected chi connectivity index (χ1v) is 10.7. The quantitative estimate of drug-likeness (QED) is 0.660. The van der Waals surface area contributed by atoms with Gasteiger partial charge in [-0.05, 0) is 61.2 Å². The van der Waals surface area contributed by atoms with Crippen molar-refractivity contribution in [3.63, 3.8) is 0 Å². The first kappa shape index (κ1) is 20.8. The van der Waals surface area contributed by atoms with Crippen LogP contribution in [0, 0.1) is 0 Å².